The summed E-state index contributed by atoms with van der Waals surface area (Å²) in [4.78, 5) is 15.7. The quantitative estimate of drug-likeness (QED) is 0.678. The Balaban J connectivity index is 1.42. The van der Waals surface area contributed by atoms with Crippen molar-refractivity contribution in [1.29, 1.82) is 0 Å². The number of hydrogen-bond acceptors (Lipinski definition) is 4. The zero-order chi connectivity index (χ0) is 19.1. The Morgan fingerprint density at radius 1 is 1.11 bits per heavy atom. The lowest BCUT2D eigenvalue weighted by Crippen LogP contribution is -2.32. The van der Waals surface area contributed by atoms with Gasteiger partial charge in [-0.15, -0.1) is 11.8 Å². The number of thioether (sulfide) groups is 1. The van der Waals surface area contributed by atoms with Crippen LogP contribution in [0.2, 0.25) is 0 Å². The minimum absolute atomic E-state index is 0.0514. The molecule has 1 saturated heterocycles. The molecule has 1 aliphatic rings. The largest absolute Gasteiger partial charge is 0.497 e. The van der Waals surface area contributed by atoms with Gasteiger partial charge in [0.1, 0.15) is 5.75 Å². The molecule has 2 aromatic rings. The molecule has 0 spiro atoms. The molecule has 1 amide bonds. The lowest BCUT2D eigenvalue weighted by Gasteiger charge is -2.32. The fraction of sp³-hybridized carbons (Fsp3) is 0.409. The minimum Gasteiger partial charge on any atom is -0.497 e. The zero-order valence-electron chi connectivity index (χ0n) is 16.1. The second-order valence-electron chi connectivity index (χ2n) is 7.04. The van der Waals surface area contributed by atoms with Crippen LogP contribution in [-0.2, 0) is 4.79 Å². The van der Waals surface area contributed by atoms with Gasteiger partial charge in [-0.25, -0.2) is 0 Å². The van der Waals surface area contributed by atoms with Crippen LogP contribution in [0.4, 0.5) is 11.4 Å². The number of anilines is 2. The van der Waals surface area contributed by atoms with Crippen LogP contribution in [0.25, 0.3) is 0 Å². The van der Waals surface area contributed by atoms with Crippen LogP contribution >= 0.6 is 11.8 Å². The normalized spacial score (nSPS) is 14.8. The predicted molar refractivity (Wildman–Crippen MR) is 114 cm³/mol. The second kappa shape index (κ2) is 9.70. The van der Waals surface area contributed by atoms with Gasteiger partial charge in [0.25, 0.3) is 0 Å². The highest BCUT2D eigenvalue weighted by atomic mass is 32.2. The van der Waals surface area contributed by atoms with E-state index in [9.17, 15) is 4.79 Å². The van der Waals surface area contributed by atoms with Crippen LogP contribution in [0.15, 0.2) is 53.4 Å². The van der Waals surface area contributed by atoms with Gasteiger partial charge in [0, 0.05) is 41.5 Å². The van der Waals surface area contributed by atoms with E-state index in [1.807, 2.05) is 36.4 Å². The molecule has 0 atom stereocenters. The summed E-state index contributed by atoms with van der Waals surface area (Å²) in [5.74, 6) is 2.48. The van der Waals surface area contributed by atoms with E-state index in [0.29, 0.717) is 6.42 Å². The highest BCUT2D eigenvalue weighted by molar-refractivity contribution is 7.99. The molecule has 27 heavy (non-hydrogen) atoms. The molecule has 0 radical (unpaired) electrons. The minimum atomic E-state index is 0.0514. The van der Waals surface area contributed by atoms with Crippen molar-refractivity contribution in [3.63, 3.8) is 0 Å². The zero-order valence-corrected chi connectivity index (χ0v) is 16.9. The smallest absolute Gasteiger partial charge is 0.225 e. The standard InChI is InChI=1S/C22H28N2O2S/c1-17-11-14-24(15-12-17)19-5-3-18(4-6-19)23-22(25)13-16-27-21-9-7-20(26-2)8-10-21/h3-10,17H,11-16H2,1-2H3,(H,23,25). The lowest BCUT2D eigenvalue weighted by molar-refractivity contribution is -0.115. The van der Waals surface area contributed by atoms with E-state index < -0.39 is 0 Å². The van der Waals surface area contributed by atoms with E-state index in [1.54, 1.807) is 18.9 Å². The Hall–Kier alpha value is -2.14. The van der Waals surface area contributed by atoms with Crippen LogP contribution in [-0.4, -0.2) is 31.9 Å². The van der Waals surface area contributed by atoms with Gasteiger partial charge in [0.2, 0.25) is 5.91 Å². The Morgan fingerprint density at radius 3 is 2.41 bits per heavy atom. The summed E-state index contributed by atoms with van der Waals surface area (Å²) in [5, 5.41) is 2.99. The van der Waals surface area contributed by atoms with Crippen LogP contribution in [0.5, 0.6) is 5.75 Å². The molecule has 0 aromatic heterocycles. The molecule has 4 nitrogen and oxygen atoms in total. The van der Waals surface area contributed by atoms with Crippen molar-refractivity contribution in [3.8, 4) is 5.75 Å². The number of methoxy groups -OCH3 is 1. The van der Waals surface area contributed by atoms with Crippen LogP contribution in [0, 0.1) is 5.92 Å². The van der Waals surface area contributed by atoms with Crippen molar-refractivity contribution in [1.82, 2.24) is 0 Å². The van der Waals surface area contributed by atoms with Gasteiger partial charge in [0.05, 0.1) is 7.11 Å². The van der Waals surface area contributed by atoms with Gasteiger partial charge in [0.15, 0.2) is 0 Å². The maximum Gasteiger partial charge on any atom is 0.225 e. The maximum absolute atomic E-state index is 12.2. The molecule has 144 valence electrons. The first kappa shape index (κ1) is 19.6. The van der Waals surface area contributed by atoms with Gasteiger partial charge in [-0.3, -0.25) is 4.79 Å². The summed E-state index contributed by atoms with van der Waals surface area (Å²) in [6.07, 6.45) is 3.00. The van der Waals surface area contributed by atoms with Crippen molar-refractivity contribution in [2.75, 3.05) is 36.2 Å². The molecule has 2 aromatic carbocycles. The van der Waals surface area contributed by atoms with Gasteiger partial charge >= 0.3 is 0 Å². The summed E-state index contributed by atoms with van der Waals surface area (Å²) in [6, 6.07) is 16.1. The molecule has 1 N–H and O–H groups in total. The van der Waals surface area contributed by atoms with Crippen LogP contribution < -0.4 is 15.0 Å². The average Bonchev–Trinajstić information content (AvgIpc) is 2.70. The number of hydrogen-bond donors (Lipinski definition) is 1. The molecule has 3 rings (SSSR count). The van der Waals surface area contributed by atoms with Crippen molar-refractivity contribution < 1.29 is 9.53 Å². The molecule has 1 fully saturated rings. The topological polar surface area (TPSA) is 41.6 Å². The summed E-state index contributed by atoms with van der Waals surface area (Å²) < 4.78 is 5.15. The van der Waals surface area contributed by atoms with Crippen molar-refractivity contribution in [2.24, 2.45) is 5.92 Å². The van der Waals surface area contributed by atoms with Crippen molar-refractivity contribution in [2.45, 2.75) is 31.1 Å². The molecule has 1 heterocycles. The summed E-state index contributed by atoms with van der Waals surface area (Å²) in [5.41, 5.74) is 2.11. The number of nitrogens with zero attached hydrogens (tertiary/aromatic N) is 1. The van der Waals surface area contributed by atoms with Crippen molar-refractivity contribution in [3.05, 3.63) is 48.5 Å². The summed E-state index contributed by atoms with van der Waals surface area (Å²) >= 11 is 1.68. The molecule has 1 aliphatic heterocycles. The maximum atomic E-state index is 12.2. The fourth-order valence-electron chi connectivity index (χ4n) is 3.18. The first-order valence-corrected chi connectivity index (χ1v) is 10.5. The van der Waals surface area contributed by atoms with Crippen molar-refractivity contribution >= 4 is 29.0 Å². The van der Waals surface area contributed by atoms with E-state index >= 15 is 0 Å². The number of piperidine rings is 1. The Kier molecular flexibility index (Phi) is 7.04. The molecule has 0 saturated carbocycles. The van der Waals surface area contributed by atoms with E-state index in [4.69, 9.17) is 4.74 Å². The number of ether oxygens (including phenoxy) is 1. The third-order valence-corrected chi connectivity index (χ3v) is 5.97. The average molecular weight is 385 g/mol. The number of rotatable bonds is 7. The number of amides is 1. The third-order valence-electron chi connectivity index (χ3n) is 4.96. The SMILES string of the molecule is COc1ccc(SCCC(=O)Nc2ccc(N3CCC(C)CC3)cc2)cc1. The number of benzene rings is 2. The van der Waals surface area contributed by atoms with E-state index in [0.717, 1.165) is 41.1 Å². The molecule has 5 heteroatoms. The van der Waals surface area contributed by atoms with Gasteiger partial charge < -0.3 is 15.0 Å². The first-order chi connectivity index (χ1) is 13.1. The van der Waals surface area contributed by atoms with Gasteiger partial charge in [-0.05, 0) is 67.3 Å². The number of carbonyl (C=O) groups is 1. The Morgan fingerprint density at radius 2 is 1.78 bits per heavy atom. The summed E-state index contributed by atoms with van der Waals surface area (Å²) in [6.45, 7) is 4.56. The monoisotopic (exact) mass is 384 g/mol. The first-order valence-electron chi connectivity index (χ1n) is 9.56. The molecular weight excluding hydrogens is 356 g/mol. The van der Waals surface area contributed by atoms with Crippen LogP contribution in [0.1, 0.15) is 26.2 Å². The lowest BCUT2D eigenvalue weighted by atomic mass is 9.99. The molecular formula is C22H28N2O2S. The Labute approximate surface area is 166 Å². The highest BCUT2D eigenvalue weighted by Gasteiger charge is 2.15. The fourth-order valence-corrected chi connectivity index (χ4v) is 4.03. The molecule has 0 aliphatic carbocycles. The number of nitrogens with one attached hydrogen (secondary N) is 1. The van der Waals surface area contributed by atoms with Gasteiger partial charge in [-0.1, -0.05) is 6.92 Å². The van der Waals surface area contributed by atoms with E-state index in [1.165, 1.54) is 18.5 Å². The summed E-state index contributed by atoms with van der Waals surface area (Å²) in [7, 11) is 1.66. The third kappa shape index (κ3) is 5.93. The van der Waals surface area contributed by atoms with Crippen LogP contribution in [0.3, 0.4) is 0 Å². The molecule has 0 unspecified atom stereocenters. The Bertz CT molecular complexity index is 723. The molecule has 0 bridgehead atoms. The second-order valence-corrected chi connectivity index (χ2v) is 8.21. The van der Waals surface area contributed by atoms with Gasteiger partial charge in [-0.2, -0.15) is 0 Å². The number of carbonyl (C=O) groups excluding carboxylic acids is 1. The highest BCUT2D eigenvalue weighted by Crippen LogP contribution is 2.25. The predicted octanol–water partition coefficient (Wildman–Crippen LogP) is 5.05. The van der Waals surface area contributed by atoms with E-state index in [2.05, 4.69) is 29.3 Å². The van der Waals surface area contributed by atoms with E-state index in [-0.39, 0.29) is 5.91 Å².